The Morgan fingerprint density at radius 1 is 1.54 bits per heavy atom. The Bertz CT molecular complexity index is 347. The monoisotopic (exact) mass is 181 g/mol. The van der Waals surface area contributed by atoms with Crippen molar-refractivity contribution in [3.8, 4) is 5.75 Å². The third-order valence-electron chi connectivity index (χ3n) is 1.58. The van der Waals surface area contributed by atoms with Gasteiger partial charge in [0.1, 0.15) is 11.6 Å². The van der Waals surface area contributed by atoms with E-state index in [9.17, 15) is 4.39 Å². The maximum absolute atomic E-state index is 13.0. The third-order valence-corrected chi connectivity index (χ3v) is 1.58. The molecule has 5 heteroatoms. The summed E-state index contributed by atoms with van der Waals surface area (Å²) in [6, 6.07) is 3.90. The summed E-state index contributed by atoms with van der Waals surface area (Å²) in [5.74, 6) is -0.585. The van der Waals surface area contributed by atoms with Gasteiger partial charge in [-0.1, -0.05) is 11.2 Å². The second-order valence-corrected chi connectivity index (χ2v) is 2.48. The first kappa shape index (κ1) is 9.35. The summed E-state index contributed by atoms with van der Waals surface area (Å²) < 4.78 is 13.0. The van der Waals surface area contributed by atoms with Crippen LogP contribution in [0.15, 0.2) is 23.3 Å². The van der Waals surface area contributed by atoms with Crippen LogP contribution in [0, 0.1) is 5.82 Å². The average molecular weight is 181 g/mol. The molecule has 0 aliphatic carbocycles. The van der Waals surface area contributed by atoms with E-state index in [-0.39, 0.29) is 12.3 Å². The minimum Gasteiger partial charge on any atom is -0.508 e. The van der Waals surface area contributed by atoms with Crippen molar-refractivity contribution in [2.75, 3.05) is 6.54 Å². The van der Waals surface area contributed by atoms with Gasteiger partial charge >= 0.3 is 0 Å². The summed E-state index contributed by atoms with van der Waals surface area (Å²) in [6.45, 7) is 0.220. The Balaban J connectivity index is 2.71. The molecule has 0 heterocycles. The SMILES string of the molecule is [N-]=[N+]=NCCc1ccc(O)cc1F. The molecule has 0 aliphatic rings. The third kappa shape index (κ3) is 2.65. The van der Waals surface area contributed by atoms with Crippen LogP contribution in [0.1, 0.15) is 5.56 Å². The second-order valence-electron chi connectivity index (χ2n) is 2.48. The molecule has 0 fully saturated rings. The van der Waals surface area contributed by atoms with Crippen LogP contribution in [-0.4, -0.2) is 11.7 Å². The van der Waals surface area contributed by atoms with Gasteiger partial charge in [0.05, 0.1) is 0 Å². The molecule has 1 aromatic rings. The van der Waals surface area contributed by atoms with Crippen molar-refractivity contribution in [3.63, 3.8) is 0 Å². The molecule has 0 atom stereocenters. The van der Waals surface area contributed by atoms with Gasteiger partial charge in [-0.2, -0.15) is 0 Å². The van der Waals surface area contributed by atoms with Crippen LogP contribution < -0.4 is 0 Å². The normalized spacial score (nSPS) is 9.31. The van der Waals surface area contributed by atoms with Crippen molar-refractivity contribution in [2.45, 2.75) is 6.42 Å². The number of phenolic OH excluding ortho intramolecular Hbond substituents is 1. The van der Waals surface area contributed by atoms with E-state index >= 15 is 0 Å². The highest BCUT2D eigenvalue weighted by atomic mass is 19.1. The minimum absolute atomic E-state index is 0.106. The van der Waals surface area contributed by atoms with E-state index in [0.29, 0.717) is 12.0 Å². The lowest BCUT2D eigenvalue weighted by atomic mass is 10.1. The highest BCUT2D eigenvalue weighted by Crippen LogP contribution is 2.15. The summed E-state index contributed by atoms with van der Waals surface area (Å²) >= 11 is 0. The molecule has 1 N–H and O–H groups in total. The molecular formula is C8H8FN3O. The zero-order valence-electron chi connectivity index (χ0n) is 6.81. The first-order valence-electron chi connectivity index (χ1n) is 3.72. The number of hydrogen-bond acceptors (Lipinski definition) is 2. The van der Waals surface area contributed by atoms with Crippen molar-refractivity contribution in [3.05, 3.63) is 40.0 Å². The number of benzene rings is 1. The highest BCUT2D eigenvalue weighted by molar-refractivity contribution is 5.27. The number of hydrogen-bond donors (Lipinski definition) is 1. The Morgan fingerprint density at radius 3 is 2.92 bits per heavy atom. The molecule has 1 aromatic carbocycles. The molecule has 0 amide bonds. The van der Waals surface area contributed by atoms with Crippen molar-refractivity contribution >= 4 is 0 Å². The van der Waals surface area contributed by atoms with E-state index in [1.807, 2.05) is 0 Å². The first-order chi connectivity index (χ1) is 6.24. The molecule has 0 radical (unpaired) electrons. The number of azide groups is 1. The summed E-state index contributed by atoms with van der Waals surface area (Å²) in [6.07, 6.45) is 0.343. The van der Waals surface area contributed by atoms with E-state index in [2.05, 4.69) is 10.0 Å². The lowest BCUT2D eigenvalue weighted by Gasteiger charge is -2.00. The van der Waals surface area contributed by atoms with Crippen LogP contribution in [0.2, 0.25) is 0 Å². The van der Waals surface area contributed by atoms with Crippen molar-refractivity contribution in [2.24, 2.45) is 5.11 Å². The predicted molar refractivity (Wildman–Crippen MR) is 45.8 cm³/mol. The van der Waals surface area contributed by atoms with Gasteiger partial charge in [-0.25, -0.2) is 4.39 Å². The largest absolute Gasteiger partial charge is 0.508 e. The maximum Gasteiger partial charge on any atom is 0.130 e. The molecule has 0 saturated carbocycles. The maximum atomic E-state index is 13.0. The molecule has 68 valence electrons. The lowest BCUT2D eigenvalue weighted by molar-refractivity contribution is 0.468. The number of aromatic hydroxyl groups is 1. The van der Waals surface area contributed by atoms with Crippen LogP contribution in [0.5, 0.6) is 5.75 Å². The number of halogens is 1. The molecule has 0 aromatic heterocycles. The van der Waals surface area contributed by atoms with E-state index < -0.39 is 5.82 Å². The second kappa shape index (κ2) is 4.33. The Hall–Kier alpha value is -1.74. The van der Waals surface area contributed by atoms with Gasteiger partial charge in [-0.15, -0.1) is 0 Å². The topological polar surface area (TPSA) is 69.0 Å². The molecular weight excluding hydrogens is 173 g/mol. The first-order valence-corrected chi connectivity index (χ1v) is 3.72. The summed E-state index contributed by atoms with van der Waals surface area (Å²) in [7, 11) is 0. The zero-order valence-corrected chi connectivity index (χ0v) is 6.81. The summed E-state index contributed by atoms with van der Waals surface area (Å²) in [5.41, 5.74) is 8.42. The molecule has 13 heavy (non-hydrogen) atoms. The predicted octanol–water partition coefficient (Wildman–Crippen LogP) is 2.38. The molecule has 0 bridgehead atoms. The van der Waals surface area contributed by atoms with E-state index in [1.54, 1.807) is 0 Å². The van der Waals surface area contributed by atoms with Crippen LogP contribution >= 0.6 is 0 Å². The number of nitrogens with zero attached hydrogens (tertiary/aromatic N) is 3. The van der Waals surface area contributed by atoms with Crippen molar-refractivity contribution in [1.29, 1.82) is 0 Å². The lowest BCUT2D eigenvalue weighted by Crippen LogP contribution is -1.92. The van der Waals surface area contributed by atoms with Crippen LogP contribution in [0.4, 0.5) is 4.39 Å². The van der Waals surface area contributed by atoms with Gasteiger partial charge in [0.15, 0.2) is 0 Å². The fourth-order valence-corrected chi connectivity index (χ4v) is 0.954. The van der Waals surface area contributed by atoms with Crippen LogP contribution in [0.3, 0.4) is 0 Å². The Labute approximate surface area is 74.3 Å². The number of rotatable bonds is 3. The Kier molecular flexibility index (Phi) is 3.11. The molecule has 0 unspecified atom stereocenters. The fourth-order valence-electron chi connectivity index (χ4n) is 0.954. The standard InChI is InChI=1S/C8H8FN3O/c9-8-5-7(13)2-1-6(8)3-4-11-12-10/h1-2,5,13H,3-4H2. The van der Waals surface area contributed by atoms with E-state index in [0.717, 1.165) is 6.07 Å². The minimum atomic E-state index is -0.479. The van der Waals surface area contributed by atoms with Crippen molar-refractivity contribution in [1.82, 2.24) is 0 Å². The van der Waals surface area contributed by atoms with Crippen molar-refractivity contribution < 1.29 is 9.50 Å². The smallest absolute Gasteiger partial charge is 0.130 e. The molecule has 1 rings (SSSR count). The fraction of sp³-hybridized carbons (Fsp3) is 0.250. The summed E-state index contributed by atoms with van der Waals surface area (Å²) in [5, 5.41) is 12.2. The highest BCUT2D eigenvalue weighted by Gasteiger charge is 2.01. The quantitative estimate of drug-likeness (QED) is 0.434. The van der Waals surface area contributed by atoms with Gasteiger partial charge in [-0.05, 0) is 23.6 Å². The zero-order chi connectivity index (χ0) is 9.68. The van der Waals surface area contributed by atoms with E-state index in [1.165, 1.54) is 12.1 Å². The molecule has 0 spiro atoms. The van der Waals surface area contributed by atoms with Gasteiger partial charge in [0.2, 0.25) is 0 Å². The van der Waals surface area contributed by atoms with Gasteiger partial charge in [0.25, 0.3) is 0 Å². The van der Waals surface area contributed by atoms with Gasteiger partial charge in [0, 0.05) is 17.5 Å². The van der Waals surface area contributed by atoms with Gasteiger partial charge < -0.3 is 5.11 Å². The average Bonchev–Trinajstić information content (AvgIpc) is 2.09. The summed E-state index contributed by atoms with van der Waals surface area (Å²) in [4.78, 5) is 2.55. The van der Waals surface area contributed by atoms with Crippen LogP contribution in [0.25, 0.3) is 10.4 Å². The van der Waals surface area contributed by atoms with E-state index in [4.69, 9.17) is 10.6 Å². The molecule has 0 aliphatic heterocycles. The van der Waals surface area contributed by atoms with Gasteiger partial charge in [-0.3, -0.25) is 0 Å². The van der Waals surface area contributed by atoms with Crippen LogP contribution in [-0.2, 0) is 6.42 Å². The number of phenols is 1. The Morgan fingerprint density at radius 2 is 2.31 bits per heavy atom. The molecule has 0 saturated heterocycles. The molecule has 4 nitrogen and oxygen atoms in total.